The molecule has 1 radical (unpaired) electrons. The predicted molar refractivity (Wildman–Crippen MR) is 177 cm³/mol. The van der Waals surface area contributed by atoms with Gasteiger partial charge in [-0.15, -0.1) is 0 Å². The molecule has 2 aromatic rings. The zero-order valence-electron chi connectivity index (χ0n) is 27.6. The van der Waals surface area contributed by atoms with E-state index < -0.39 is 21.8 Å². The van der Waals surface area contributed by atoms with Crippen LogP contribution in [0, 0.1) is 13.8 Å². The van der Waals surface area contributed by atoms with Crippen LogP contribution in [0.25, 0.3) is 10.9 Å². The maximum absolute atomic E-state index is 13.4. The second-order valence-electron chi connectivity index (χ2n) is 12.6. The fourth-order valence-electron chi connectivity index (χ4n) is 5.95. The number of unbranched alkanes of at least 4 members (excludes halogenated alkanes) is 1. The van der Waals surface area contributed by atoms with Gasteiger partial charge in [0.05, 0.1) is 0 Å². The Hall–Kier alpha value is -3.66. The topological polar surface area (TPSA) is 138 Å². The van der Waals surface area contributed by atoms with Gasteiger partial charge < -0.3 is 0 Å². The second-order valence-corrected chi connectivity index (χ2v) is 14.8. The number of carbonyl (C=O) groups is 5. The number of nitrogens with zero attached hydrogens (tertiary/aromatic N) is 4. The number of hydrogen-bond donors (Lipinski definition) is 1. The number of aryl methyl sites for hydroxylation is 2. The van der Waals surface area contributed by atoms with E-state index in [4.69, 9.17) is 9.47 Å². The molecule has 4 amide bonds. The third-order valence-electron chi connectivity index (χ3n) is 9.26. The van der Waals surface area contributed by atoms with Gasteiger partial charge in [0.1, 0.15) is 0 Å². The molecule has 1 N–H and O–H groups in total. The van der Waals surface area contributed by atoms with Crippen molar-refractivity contribution in [1.82, 2.24) is 25.0 Å². The molecule has 12 nitrogen and oxygen atoms in total. The number of fused-ring (bicyclic) bond motifs is 1. The number of likely N-dealkylation sites (tertiary alicyclic amines) is 1. The first-order chi connectivity index (χ1) is 22.6. The summed E-state index contributed by atoms with van der Waals surface area (Å²) in [7, 11) is 0. The number of benzene rings is 1. The van der Waals surface area contributed by atoms with Crippen LogP contribution in [-0.2, 0) is 19.1 Å². The van der Waals surface area contributed by atoms with E-state index in [1.807, 2.05) is 32.9 Å². The molecular formula is C34H45AsN5O7. The van der Waals surface area contributed by atoms with Crippen LogP contribution >= 0.6 is 0 Å². The standard InChI is InChI=1S/C34H45AsN5O7/c1-4-5-16-46-34(45)39-14-12-38(13-15-39)30(41)20-35-32(43)27-19-29(25-17-22(2)23(3)18-26(25)37-27)47-21-31(42)40-11-7-10-28(40)33(44)36-24-8-6-9-24/h17-19,24,28H,4-16,20-21H2,1-3H3,(H,36,44). The summed E-state index contributed by atoms with van der Waals surface area (Å²) in [6.07, 6.45) is 5.87. The molecule has 13 heteroatoms. The summed E-state index contributed by atoms with van der Waals surface area (Å²) in [5, 5.41) is 3.86. The first kappa shape index (κ1) is 34.7. The molecule has 2 saturated heterocycles. The van der Waals surface area contributed by atoms with Crippen molar-refractivity contribution in [2.24, 2.45) is 0 Å². The number of ether oxygens (including phenoxy) is 2. The van der Waals surface area contributed by atoms with Gasteiger partial charge in [0.25, 0.3) is 0 Å². The minimum atomic E-state index is -1.05. The molecule has 253 valence electrons. The number of pyridine rings is 1. The summed E-state index contributed by atoms with van der Waals surface area (Å²) < 4.78 is 11.1. The van der Waals surface area contributed by atoms with Crippen molar-refractivity contribution >= 4 is 55.0 Å². The molecule has 1 aromatic heterocycles. The van der Waals surface area contributed by atoms with E-state index in [0.29, 0.717) is 62.4 Å². The molecule has 1 aliphatic carbocycles. The quantitative estimate of drug-likeness (QED) is 0.262. The van der Waals surface area contributed by atoms with Gasteiger partial charge in [-0.05, 0) is 19.3 Å². The summed E-state index contributed by atoms with van der Waals surface area (Å²) in [6, 6.07) is 5.11. The van der Waals surface area contributed by atoms with Crippen LogP contribution in [0.5, 0.6) is 5.75 Å². The van der Waals surface area contributed by atoms with Crippen molar-refractivity contribution < 1.29 is 33.4 Å². The van der Waals surface area contributed by atoms with Gasteiger partial charge in [-0.3, -0.25) is 0 Å². The van der Waals surface area contributed by atoms with Gasteiger partial charge in [-0.2, -0.15) is 0 Å². The Kier molecular flexibility index (Phi) is 11.8. The van der Waals surface area contributed by atoms with Crippen LogP contribution in [0.2, 0.25) is 5.21 Å². The Bertz CT molecular complexity index is 1510. The van der Waals surface area contributed by atoms with Crippen LogP contribution in [-0.4, -0.2) is 122 Å². The van der Waals surface area contributed by atoms with Crippen LogP contribution in [0.15, 0.2) is 18.2 Å². The molecule has 47 heavy (non-hydrogen) atoms. The number of piperazine rings is 1. The van der Waals surface area contributed by atoms with E-state index in [0.717, 1.165) is 49.7 Å². The van der Waals surface area contributed by atoms with Crippen molar-refractivity contribution in [3.8, 4) is 5.75 Å². The molecule has 1 saturated carbocycles. The van der Waals surface area contributed by atoms with Gasteiger partial charge in [0.15, 0.2) is 0 Å². The summed E-state index contributed by atoms with van der Waals surface area (Å²) in [5.74, 6) is -0.116. The summed E-state index contributed by atoms with van der Waals surface area (Å²) >= 11 is -1.05. The Morgan fingerprint density at radius 3 is 2.34 bits per heavy atom. The van der Waals surface area contributed by atoms with Crippen LogP contribution in [0.1, 0.15) is 73.5 Å². The van der Waals surface area contributed by atoms with Crippen LogP contribution < -0.4 is 10.1 Å². The van der Waals surface area contributed by atoms with Gasteiger partial charge in [-0.25, -0.2) is 0 Å². The number of carbonyl (C=O) groups excluding carboxylic acids is 5. The van der Waals surface area contributed by atoms with E-state index in [2.05, 4.69) is 10.3 Å². The van der Waals surface area contributed by atoms with Gasteiger partial charge >= 0.3 is 264 Å². The maximum atomic E-state index is 13.4. The fourth-order valence-corrected chi connectivity index (χ4v) is 7.53. The van der Waals surface area contributed by atoms with E-state index in [9.17, 15) is 24.0 Å². The number of nitrogens with one attached hydrogen (secondary N) is 1. The normalized spacial score (nSPS) is 18.4. The Morgan fingerprint density at radius 2 is 1.64 bits per heavy atom. The number of rotatable bonds is 12. The average Bonchev–Trinajstić information content (AvgIpc) is 3.55. The molecule has 3 fully saturated rings. The molecule has 1 unspecified atom stereocenters. The molecule has 0 bridgehead atoms. The van der Waals surface area contributed by atoms with Crippen molar-refractivity contribution in [2.75, 3.05) is 45.9 Å². The Labute approximate surface area is 282 Å². The van der Waals surface area contributed by atoms with Crippen molar-refractivity contribution in [3.63, 3.8) is 0 Å². The van der Waals surface area contributed by atoms with Crippen LogP contribution in [0.4, 0.5) is 4.79 Å². The van der Waals surface area contributed by atoms with Crippen molar-refractivity contribution in [2.45, 2.75) is 83.0 Å². The van der Waals surface area contributed by atoms with E-state index in [1.54, 1.807) is 20.8 Å². The van der Waals surface area contributed by atoms with Gasteiger partial charge in [-0.1, -0.05) is 0 Å². The molecule has 1 atom stereocenters. The predicted octanol–water partition coefficient (Wildman–Crippen LogP) is 3.23. The zero-order chi connectivity index (χ0) is 33.5. The molecule has 3 aliphatic rings. The number of aromatic nitrogens is 1. The molecule has 0 spiro atoms. The molecule has 2 aliphatic heterocycles. The van der Waals surface area contributed by atoms with Gasteiger partial charge in [0, 0.05) is 0 Å². The third kappa shape index (κ3) is 8.63. The van der Waals surface area contributed by atoms with E-state index in [-0.39, 0.29) is 51.9 Å². The minimum absolute atomic E-state index is 0.0985. The van der Waals surface area contributed by atoms with Crippen molar-refractivity contribution in [1.29, 1.82) is 0 Å². The second kappa shape index (κ2) is 16.0. The summed E-state index contributed by atoms with van der Waals surface area (Å²) in [6.45, 7) is 8.19. The van der Waals surface area contributed by atoms with Gasteiger partial charge in [0.2, 0.25) is 0 Å². The van der Waals surface area contributed by atoms with Crippen molar-refractivity contribution in [3.05, 3.63) is 35.0 Å². The zero-order valence-corrected chi connectivity index (χ0v) is 29.5. The van der Waals surface area contributed by atoms with Crippen LogP contribution in [0.3, 0.4) is 0 Å². The monoisotopic (exact) mass is 710 g/mol. The third-order valence-corrected chi connectivity index (χ3v) is 11.2. The first-order valence-electron chi connectivity index (χ1n) is 16.7. The SMILES string of the molecule is CCCCOC(=O)N1CCN(C(=O)C[As]C(=O)c2cc(OCC(=O)N3CCCC3C(=O)NC3CCC3)c3cc(C)c(C)cc3n2)CC1. The van der Waals surface area contributed by atoms with E-state index in [1.165, 1.54) is 0 Å². The molecule has 3 heterocycles. The van der Waals surface area contributed by atoms with E-state index >= 15 is 0 Å². The fraction of sp³-hybridized carbons (Fsp3) is 0.588. The Balaban J connectivity index is 1.20. The molecule has 5 rings (SSSR count). The number of amides is 4. The molecular weight excluding hydrogens is 665 g/mol. The Morgan fingerprint density at radius 1 is 0.915 bits per heavy atom. The average molecular weight is 711 g/mol. The molecule has 1 aromatic carbocycles. The summed E-state index contributed by atoms with van der Waals surface area (Å²) in [5.41, 5.74) is 2.81. The number of hydrogen-bond acceptors (Lipinski definition) is 8. The first-order valence-corrected chi connectivity index (χ1v) is 19.0. The summed E-state index contributed by atoms with van der Waals surface area (Å²) in [4.78, 5) is 74.3.